The van der Waals surface area contributed by atoms with E-state index >= 15 is 0 Å². The van der Waals surface area contributed by atoms with Crippen molar-refractivity contribution in [3.05, 3.63) is 95.1 Å². The summed E-state index contributed by atoms with van der Waals surface area (Å²) in [6.07, 6.45) is 6.47. The van der Waals surface area contributed by atoms with Gasteiger partial charge in [-0.25, -0.2) is 12.8 Å². The minimum atomic E-state index is -5.24. The molecule has 0 radical (unpaired) electrons. The summed E-state index contributed by atoms with van der Waals surface area (Å²) in [4.78, 5) is 104. The lowest BCUT2D eigenvalue weighted by molar-refractivity contribution is -0.167. The minimum absolute atomic E-state index is 0.0371. The number of hydrogen-bond acceptors (Lipinski definition) is 26. The lowest BCUT2D eigenvalue weighted by Gasteiger charge is -2.36. The van der Waals surface area contributed by atoms with Gasteiger partial charge < -0.3 is 67.0 Å². The predicted octanol–water partition coefficient (Wildman–Crippen LogP) is 6.31. The highest BCUT2D eigenvalue weighted by Gasteiger charge is 2.39. The molecule has 29 nitrogen and oxygen atoms in total. The van der Waals surface area contributed by atoms with Gasteiger partial charge in [0.25, 0.3) is 20.1 Å². The molecular formula is C65H70N5O24S2+. The fourth-order valence-electron chi connectivity index (χ4n) is 12.2. The van der Waals surface area contributed by atoms with Crippen molar-refractivity contribution in [3.8, 4) is 22.6 Å². The van der Waals surface area contributed by atoms with Gasteiger partial charge in [-0.05, 0) is 111 Å². The van der Waals surface area contributed by atoms with E-state index in [1.54, 1.807) is 12.1 Å². The average molecular weight is 1370 g/mol. The minimum Gasteiger partial charge on any atom is -0.488 e. The number of hydrogen-bond donors (Lipinski definition) is 2. The summed E-state index contributed by atoms with van der Waals surface area (Å²) in [5.74, 6) is -7.29. The van der Waals surface area contributed by atoms with E-state index in [0.717, 1.165) is 137 Å². The fraction of sp³-hybridized carbons (Fsp3) is 0.400. The fourth-order valence-corrected chi connectivity index (χ4v) is 14.1. The van der Waals surface area contributed by atoms with Crippen LogP contribution in [-0.2, 0) is 122 Å². The van der Waals surface area contributed by atoms with Crippen LogP contribution in [0.3, 0.4) is 0 Å². The summed E-state index contributed by atoms with van der Waals surface area (Å²) in [5.41, 5.74) is 7.87. The molecule has 0 atom stereocenters. The van der Waals surface area contributed by atoms with E-state index in [9.17, 15) is 59.7 Å². The monoisotopic (exact) mass is 1370 g/mol. The lowest BCUT2D eigenvalue weighted by atomic mass is 9.84. The molecule has 31 heteroatoms. The van der Waals surface area contributed by atoms with Crippen LogP contribution in [0.15, 0.2) is 87.0 Å². The number of ether oxygens (including phenoxy) is 10. The Balaban J connectivity index is 1.01. The number of rotatable bonds is 28. The Bertz CT molecular complexity index is 4130. The third kappa shape index (κ3) is 16.5. The molecule has 510 valence electrons. The van der Waals surface area contributed by atoms with E-state index in [0.29, 0.717) is 40.3 Å². The largest absolute Gasteiger partial charge is 0.488 e. The highest BCUT2D eigenvalue weighted by Crippen LogP contribution is 2.50. The molecule has 10 rings (SSSR count). The van der Waals surface area contributed by atoms with Crippen LogP contribution >= 0.6 is 0 Å². The van der Waals surface area contributed by atoms with Crippen LogP contribution in [0.25, 0.3) is 33.1 Å². The van der Waals surface area contributed by atoms with E-state index in [1.165, 1.54) is 47.4 Å². The molecule has 2 N–H and O–H groups in total. The maximum Gasteiger partial charge on any atom is 0.366 e. The summed E-state index contributed by atoms with van der Waals surface area (Å²) < 4.78 is 130. The normalized spacial score (nSPS) is 13.8. The number of aryl methyl sites for hydroxylation is 4. The van der Waals surface area contributed by atoms with Gasteiger partial charge in [0, 0.05) is 71.1 Å². The van der Waals surface area contributed by atoms with E-state index in [-0.39, 0.29) is 40.7 Å². The molecule has 0 spiro atoms. The molecule has 4 aliphatic heterocycles. The van der Waals surface area contributed by atoms with E-state index in [2.05, 4.69) is 14.5 Å². The van der Waals surface area contributed by atoms with E-state index in [4.69, 9.17) is 51.8 Å². The van der Waals surface area contributed by atoms with Gasteiger partial charge in [0.05, 0.1) is 55.2 Å². The Kier molecular flexibility index (Phi) is 21.6. The van der Waals surface area contributed by atoms with E-state index in [1.807, 2.05) is 12.1 Å². The number of esters is 8. The van der Waals surface area contributed by atoms with Gasteiger partial charge in [-0.3, -0.25) is 47.6 Å². The van der Waals surface area contributed by atoms with Crippen LogP contribution in [0.1, 0.15) is 75.6 Å². The average Bonchev–Trinajstić information content (AvgIpc) is 0.708. The number of anilines is 5. The molecule has 1 aromatic heterocycles. The second-order valence-corrected chi connectivity index (χ2v) is 25.8. The molecule has 5 heterocycles. The molecule has 0 bridgehead atoms. The third-order valence-electron chi connectivity index (χ3n) is 16.1. The maximum absolute atomic E-state index is 14.9. The molecule has 0 unspecified atom stereocenters. The highest BCUT2D eigenvalue weighted by atomic mass is 32.2. The number of para-hydroxylation sites is 2. The molecule has 96 heavy (non-hydrogen) atoms. The first-order valence-corrected chi connectivity index (χ1v) is 33.6. The first kappa shape index (κ1) is 68.8. The summed E-state index contributed by atoms with van der Waals surface area (Å²) in [5, 5.41) is 1.24. The Hall–Kier alpha value is -10.0. The van der Waals surface area contributed by atoms with Crippen molar-refractivity contribution in [2.45, 2.75) is 88.9 Å². The summed E-state index contributed by atoms with van der Waals surface area (Å²) in [6.45, 7) is 1.07. The van der Waals surface area contributed by atoms with Gasteiger partial charge in [-0.1, -0.05) is 18.2 Å². The maximum atomic E-state index is 14.9. The standard InChI is InChI=1S/C65H69N5O24S2/c1-39(71)86-35-90-57(75)31-69(32-58(76)91-36-87-40(2)72)52-15-5-6-16-54(52)84-25-26-85-55-29-45(17-20-53(55)70(33-59(77)92-37-88-41(3)73)34-60(78)93-38-89-42(4)74)66-95(79,80)46-18-19-47(56(30-46)96(81,82)83)61-50-27-43-11-7-21-67-23-9-13-48(62(43)67)64(50)94-65-49-14-10-24-68-22-8-12-44(63(49)68)28-51(61)65/h5-6,15-20,27-30,66H,7-14,21-26,31-38H2,1-4H3/p+1. The van der Waals surface area contributed by atoms with Gasteiger partial charge >= 0.3 is 58.9 Å². The second-order valence-electron chi connectivity index (χ2n) is 22.7. The molecule has 6 aromatic rings. The van der Waals surface area contributed by atoms with Crippen LogP contribution in [0.2, 0.25) is 0 Å². The van der Waals surface area contributed by atoms with E-state index < -0.39 is 138 Å². The number of nitrogens with zero attached hydrogens (tertiary/aromatic N) is 4. The Morgan fingerprint density at radius 3 is 1.39 bits per heavy atom. The molecule has 5 aromatic carbocycles. The predicted molar refractivity (Wildman–Crippen MR) is 341 cm³/mol. The highest BCUT2D eigenvalue weighted by molar-refractivity contribution is 7.92. The Labute approximate surface area is 551 Å². The quantitative estimate of drug-likeness (QED) is 0.0103. The zero-order valence-electron chi connectivity index (χ0n) is 52.9. The van der Waals surface area contributed by atoms with Gasteiger partial charge in [0.15, 0.2) is 0 Å². The van der Waals surface area contributed by atoms with Crippen LogP contribution in [0.4, 0.5) is 28.4 Å². The first-order chi connectivity index (χ1) is 45.9. The third-order valence-corrected chi connectivity index (χ3v) is 18.3. The van der Waals surface area contributed by atoms with Gasteiger partial charge in [-0.2, -0.15) is 8.42 Å². The number of carbonyl (C=O) groups excluding carboxylic acids is 8. The van der Waals surface area contributed by atoms with Gasteiger partial charge in [0.2, 0.25) is 27.2 Å². The molecule has 0 fully saturated rings. The molecule has 0 amide bonds. The summed E-state index contributed by atoms with van der Waals surface area (Å²) in [7, 11) is -10.1. The van der Waals surface area contributed by atoms with Crippen molar-refractivity contribution < 1.29 is 112 Å². The molecule has 0 aliphatic carbocycles. The number of fused-ring (bicyclic) bond motifs is 4. The Morgan fingerprint density at radius 1 is 0.510 bits per heavy atom. The van der Waals surface area contributed by atoms with Gasteiger partial charge in [0.1, 0.15) is 55.8 Å². The van der Waals surface area contributed by atoms with Crippen molar-refractivity contribution >= 4 is 118 Å². The Morgan fingerprint density at radius 2 is 0.938 bits per heavy atom. The number of nitrogens with one attached hydrogen (secondary N) is 1. The molecule has 0 saturated carbocycles. The second kappa shape index (κ2) is 30.2. The van der Waals surface area contributed by atoms with Crippen molar-refractivity contribution in [1.29, 1.82) is 0 Å². The smallest absolute Gasteiger partial charge is 0.366 e. The number of carbonyl (C=O) groups is 8. The van der Waals surface area contributed by atoms with Crippen molar-refractivity contribution in [3.63, 3.8) is 0 Å². The topological polar surface area (TPSA) is 354 Å². The van der Waals surface area contributed by atoms with Crippen LogP contribution in [-0.4, -0.2) is 162 Å². The van der Waals surface area contributed by atoms with Crippen molar-refractivity contribution in [2.75, 3.05) is 117 Å². The molecule has 0 saturated heterocycles. The molecular weight excluding hydrogens is 1300 g/mol. The zero-order valence-corrected chi connectivity index (χ0v) is 54.6. The van der Waals surface area contributed by atoms with Crippen LogP contribution in [0.5, 0.6) is 11.5 Å². The number of benzene rings is 5. The number of sulfonamides is 1. The summed E-state index contributed by atoms with van der Waals surface area (Å²) in [6, 6.07) is 17.2. The zero-order chi connectivity index (χ0) is 68.4. The SMILES string of the molecule is CC(=O)OCOC(=O)CN(CC(=O)OCOC(C)=O)c1ccccc1OCCOc1cc(NS(=O)(=O)c2ccc(-c3c4cc5c6c(c4[o+]c4c7c8c(cc34)CCCN8CCC7)CCCN6CCC5)c(S(=O)(=O)O)c2)ccc1N(CC(=O)OCOC(C)=O)CC(=O)OCOC(C)=O. The van der Waals surface area contributed by atoms with Gasteiger partial charge in [-0.15, -0.1) is 0 Å². The first-order valence-electron chi connectivity index (χ1n) is 30.6. The van der Waals surface area contributed by atoms with Crippen molar-refractivity contribution in [2.24, 2.45) is 0 Å². The van der Waals surface area contributed by atoms with Crippen LogP contribution < -0.4 is 33.8 Å². The lowest BCUT2D eigenvalue weighted by Crippen LogP contribution is -2.37. The van der Waals surface area contributed by atoms with Crippen molar-refractivity contribution in [1.82, 2.24) is 0 Å². The van der Waals surface area contributed by atoms with Crippen LogP contribution in [0, 0.1) is 0 Å². The molecule has 4 aliphatic rings. The summed E-state index contributed by atoms with van der Waals surface area (Å²) >= 11 is 0.